The number of ether oxygens (including phenoxy) is 2. The summed E-state index contributed by atoms with van der Waals surface area (Å²) in [7, 11) is 0. The van der Waals surface area contributed by atoms with Gasteiger partial charge in [0.25, 0.3) is 0 Å². The maximum absolute atomic E-state index is 10.7. The van der Waals surface area contributed by atoms with Crippen LogP contribution >= 0.6 is 0 Å². The van der Waals surface area contributed by atoms with Crippen LogP contribution in [0.25, 0.3) is 0 Å². The standard InChI is InChI=1S/C14H18O3/c1-14(2)16-10-12(8-9-15)13(17-14)11-6-4-3-5-7-11/h3-7,9,12-13H,8,10H2,1-2H3. The van der Waals surface area contributed by atoms with E-state index in [2.05, 4.69) is 0 Å². The lowest BCUT2D eigenvalue weighted by Crippen LogP contribution is -2.41. The van der Waals surface area contributed by atoms with E-state index in [0.717, 1.165) is 11.8 Å². The molecule has 1 aromatic rings. The molecule has 1 heterocycles. The molecule has 92 valence electrons. The molecule has 0 aliphatic carbocycles. The Kier molecular flexibility index (Phi) is 3.60. The first kappa shape index (κ1) is 12.3. The third-order valence-electron chi connectivity index (χ3n) is 3.01. The first-order valence-corrected chi connectivity index (χ1v) is 5.93. The molecule has 3 nitrogen and oxygen atoms in total. The number of benzene rings is 1. The van der Waals surface area contributed by atoms with Gasteiger partial charge in [0.15, 0.2) is 5.79 Å². The zero-order chi connectivity index (χ0) is 12.3. The molecule has 0 spiro atoms. The van der Waals surface area contributed by atoms with E-state index in [1.807, 2.05) is 44.2 Å². The van der Waals surface area contributed by atoms with Gasteiger partial charge in [-0.3, -0.25) is 0 Å². The summed E-state index contributed by atoms with van der Waals surface area (Å²) in [6, 6.07) is 10.0. The fourth-order valence-electron chi connectivity index (χ4n) is 2.13. The van der Waals surface area contributed by atoms with Crippen LogP contribution in [0.5, 0.6) is 0 Å². The molecular weight excluding hydrogens is 216 g/mol. The Hall–Kier alpha value is -1.19. The molecule has 1 fully saturated rings. The van der Waals surface area contributed by atoms with Gasteiger partial charge < -0.3 is 14.3 Å². The predicted molar refractivity (Wildman–Crippen MR) is 64.5 cm³/mol. The molecule has 1 saturated heterocycles. The fraction of sp³-hybridized carbons (Fsp3) is 0.500. The highest BCUT2D eigenvalue weighted by Gasteiger charge is 2.36. The maximum Gasteiger partial charge on any atom is 0.163 e. The molecule has 0 saturated carbocycles. The number of carbonyl (C=O) groups excluding carboxylic acids is 1. The van der Waals surface area contributed by atoms with Gasteiger partial charge >= 0.3 is 0 Å². The van der Waals surface area contributed by atoms with Gasteiger partial charge in [0, 0.05) is 12.3 Å². The van der Waals surface area contributed by atoms with Crippen molar-refractivity contribution >= 4 is 6.29 Å². The van der Waals surface area contributed by atoms with Crippen molar-refractivity contribution in [1.82, 2.24) is 0 Å². The summed E-state index contributed by atoms with van der Waals surface area (Å²) in [6.45, 7) is 4.37. The van der Waals surface area contributed by atoms with Crippen LogP contribution in [0.15, 0.2) is 30.3 Å². The van der Waals surface area contributed by atoms with Gasteiger partial charge in [-0.2, -0.15) is 0 Å². The molecule has 3 heteroatoms. The van der Waals surface area contributed by atoms with Crippen LogP contribution in [0.3, 0.4) is 0 Å². The van der Waals surface area contributed by atoms with E-state index >= 15 is 0 Å². The van der Waals surface area contributed by atoms with Crippen molar-refractivity contribution in [1.29, 1.82) is 0 Å². The summed E-state index contributed by atoms with van der Waals surface area (Å²) in [6.07, 6.45) is 1.34. The number of hydrogen-bond donors (Lipinski definition) is 0. The average Bonchev–Trinajstić information content (AvgIpc) is 2.32. The second kappa shape index (κ2) is 4.98. The molecule has 0 N–H and O–H groups in total. The molecule has 1 aliphatic heterocycles. The Labute approximate surface area is 102 Å². The molecule has 2 rings (SSSR count). The SMILES string of the molecule is CC1(C)OCC(CC=O)C(c2ccccc2)O1. The quantitative estimate of drug-likeness (QED) is 0.754. The van der Waals surface area contributed by atoms with Crippen molar-refractivity contribution in [2.75, 3.05) is 6.61 Å². The molecule has 2 atom stereocenters. The Morgan fingerprint density at radius 2 is 2.06 bits per heavy atom. The Morgan fingerprint density at radius 3 is 2.71 bits per heavy atom. The van der Waals surface area contributed by atoms with Crippen molar-refractivity contribution in [3.8, 4) is 0 Å². The highest BCUT2D eigenvalue weighted by Crippen LogP contribution is 2.37. The first-order valence-electron chi connectivity index (χ1n) is 5.93. The molecule has 0 bridgehead atoms. The molecule has 0 aromatic heterocycles. The third-order valence-corrected chi connectivity index (χ3v) is 3.01. The molecular formula is C14H18O3. The monoisotopic (exact) mass is 234 g/mol. The van der Waals surface area contributed by atoms with E-state index in [1.165, 1.54) is 0 Å². The predicted octanol–water partition coefficient (Wildman–Crippen LogP) is 2.72. The van der Waals surface area contributed by atoms with E-state index in [9.17, 15) is 4.79 Å². The van der Waals surface area contributed by atoms with Crippen molar-refractivity contribution in [3.63, 3.8) is 0 Å². The zero-order valence-electron chi connectivity index (χ0n) is 10.3. The van der Waals surface area contributed by atoms with Crippen LogP contribution in [-0.2, 0) is 14.3 Å². The van der Waals surface area contributed by atoms with Crippen molar-refractivity contribution in [2.24, 2.45) is 5.92 Å². The first-order chi connectivity index (χ1) is 8.12. The van der Waals surface area contributed by atoms with Crippen LogP contribution in [0.2, 0.25) is 0 Å². The molecule has 1 aliphatic rings. The molecule has 0 radical (unpaired) electrons. The van der Waals surface area contributed by atoms with Gasteiger partial charge in [0.05, 0.1) is 12.7 Å². The Morgan fingerprint density at radius 1 is 1.35 bits per heavy atom. The molecule has 2 unspecified atom stereocenters. The van der Waals surface area contributed by atoms with E-state index in [4.69, 9.17) is 9.47 Å². The number of rotatable bonds is 3. The number of hydrogen-bond acceptors (Lipinski definition) is 3. The van der Waals surface area contributed by atoms with Crippen LogP contribution in [0.4, 0.5) is 0 Å². The van der Waals surface area contributed by atoms with Gasteiger partial charge in [-0.15, -0.1) is 0 Å². The van der Waals surface area contributed by atoms with Crippen LogP contribution in [0, 0.1) is 5.92 Å². The van der Waals surface area contributed by atoms with E-state index < -0.39 is 5.79 Å². The molecule has 1 aromatic carbocycles. The van der Waals surface area contributed by atoms with Crippen molar-refractivity contribution < 1.29 is 14.3 Å². The Balaban J connectivity index is 2.22. The topological polar surface area (TPSA) is 35.5 Å². The minimum Gasteiger partial charge on any atom is -0.350 e. The summed E-state index contributed by atoms with van der Waals surface area (Å²) in [5.41, 5.74) is 1.11. The maximum atomic E-state index is 10.7. The van der Waals surface area contributed by atoms with Crippen molar-refractivity contribution in [3.05, 3.63) is 35.9 Å². The van der Waals surface area contributed by atoms with E-state index in [0.29, 0.717) is 13.0 Å². The van der Waals surface area contributed by atoms with Gasteiger partial charge in [-0.1, -0.05) is 30.3 Å². The summed E-state index contributed by atoms with van der Waals surface area (Å²) in [4.78, 5) is 10.7. The number of carbonyl (C=O) groups is 1. The second-order valence-electron chi connectivity index (χ2n) is 4.82. The summed E-state index contributed by atoms with van der Waals surface area (Å²) in [5.74, 6) is -0.484. The summed E-state index contributed by atoms with van der Waals surface area (Å²) in [5, 5.41) is 0. The highest BCUT2D eigenvalue weighted by molar-refractivity contribution is 5.50. The lowest BCUT2D eigenvalue weighted by Gasteiger charge is -2.40. The summed E-state index contributed by atoms with van der Waals surface area (Å²) < 4.78 is 11.5. The average molecular weight is 234 g/mol. The third kappa shape index (κ3) is 2.93. The van der Waals surface area contributed by atoms with E-state index in [1.54, 1.807) is 0 Å². The van der Waals surface area contributed by atoms with Crippen LogP contribution < -0.4 is 0 Å². The summed E-state index contributed by atoms with van der Waals surface area (Å²) >= 11 is 0. The van der Waals surface area contributed by atoms with Crippen LogP contribution in [0.1, 0.15) is 31.9 Å². The van der Waals surface area contributed by atoms with Gasteiger partial charge in [0.2, 0.25) is 0 Å². The highest BCUT2D eigenvalue weighted by atomic mass is 16.7. The lowest BCUT2D eigenvalue weighted by molar-refractivity contribution is -0.295. The van der Waals surface area contributed by atoms with Gasteiger partial charge in [0.1, 0.15) is 6.29 Å². The second-order valence-corrected chi connectivity index (χ2v) is 4.82. The molecule has 17 heavy (non-hydrogen) atoms. The van der Waals surface area contributed by atoms with Crippen molar-refractivity contribution in [2.45, 2.75) is 32.2 Å². The van der Waals surface area contributed by atoms with Crippen LogP contribution in [-0.4, -0.2) is 18.7 Å². The largest absolute Gasteiger partial charge is 0.350 e. The number of aldehydes is 1. The fourth-order valence-corrected chi connectivity index (χ4v) is 2.13. The minimum atomic E-state index is -0.583. The zero-order valence-corrected chi connectivity index (χ0v) is 10.3. The van der Waals surface area contributed by atoms with Gasteiger partial charge in [-0.05, 0) is 19.4 Å². The Bertz CT molecular complexity index is 372. The molecule has 0 amide bonds. The smallest absolute Gasteiger partial charge is 0.163 e. The lowest BCUT2D eigenvalue weighted by atomic mass is 9.92. The van der Waals surface area contributed by atoms with E-state index in [-0.39, 0.29) is 12.0 Å². The van der Waals surface area contributed by atoms with Gasteiger partial charge in [-0.25, -0.2) is 0 Å². The minimum absolute atomic E-state index is 0.0647. The normalized spacial score (nSPS) is 27.6.